The molecule has 2 aliphatic heterocycles. The molecule has 3 heterocycles. The Bertz CT molecular complexity index is 3270. The smallest absolute Gasteiger partial charge is 0.336 e. The van der Waals surface area contributed by atoms with Gasteiger partial charge >= 0.3 is 6.85 Å². The zero-order valence-corrected chi connectivity index (χ0v) is 37.9. The molecule has 11 rings (SSSR count). The van der Waals surface area contributed by atoms with Crippen molar-refractivity contribution in [3.05, 3.63) is 186 Å². The standard InChI is InChI=1S/C59H53BN2O/c1-36-31-37(2)54(38(3)32-36)40-33-48-47-35-42(59(7,8)9)25-29-50(47)62(43-26-23-41(24-27-43)58(4,5)6)60-55(48)52(34-40)61(49-21-15-13-19-44(49)39-17-11-10-12-18-39)51-30-28-46-45-20-14-16-22-53(45)63-57(46)56(51)60/h10-35H,1-9H3. The molecular weight excluding hydrogens is 763 g/mol. The molecule has 8 aromatic carbocycles. The first-order valence-electron chi connectivity index (χ1n) is 22.5. The first kappa shape index (κ1) is 39.1. The molecule has 63 heavy (non-hydrogen) atoms. The molecule has 0 saturated carbocycles. The van der Waals surface area contributed by atoms with Crippen molar-refractivity contribution < 1.29 is 4.42 Å². The summed E-state index contributed by atoms with van der Waals surface area (Å²) in [6.07, 6.45) is 0. The van der Waals surface area contributed by atoms with Crippen LogP contribution >= 0.6 is 0 Å². The number of fused-ring (bicyclic) bond motifs is 8. The zero-order valence-electron chi connectivity index (χ0n) is 37.9. The number of furan rings is 1. The zero-order chi connectivity index (χ0) is 43.5. The number of hydrogen-bond acceptors (Lipinski definition) is 3. The molecule has 3 nitrogen and oxygen atoms in total. The number of para-hydroxylation sites is 2. The van der Waals surface area contributed by atoms with Crippen LogP contribution in [-0.2, 0) is 10.8 Å². The van der Waals surface area contributed by atoms with Crippen molar-refractivity contribution in [1.82, 2.24) is 0 Å². The Morgan fingerprint density at radius 2 is 1.11 bits per heavy atom. The average molecular weight is 817 g/mol. The van der Waals surface area contributed by atoms with Gasteiger partial charge in [-0.15, -0.1) is 0 Å². The van der Waals surface area contributed by atoms with E-state index in [2.05, 4.69) is 230 Å². The molecule has 4 heteroatoms. The Hall–Kier alpha value is -6.78. The van der Waals surface area contributed by atoms with Crippen LogP contribution in [0.1, 0.15) is 69.4 Å². The summed E-state index contributed by atoms with van der Waals surface area (Å²) in [4.78, 5) is 5.18. The van der Waals surface area contributed by atoms with E-state index in [1.807, 2.05) is 0 Å². The molecule has 0 saturated heterocycles. The van der Waals surface area contributed by atoms with Crippen LogP contribution in [0, 0.1) is 20.8 Å². The molecule has 0 spiro atoms. The van der Waals surface area contributed by atoms with Crippen LogP contribution in [0.15, 0.2) is 162 Å². The quantitative estimate of drug-likeness (QED) is 0.165. The summed E-state index contributed by atoms with van der Waals surface area (Å²) in [6.45, 7) is 20.4. The van der Waals surface area contributed by atoms with E-state index < -0.39 is 0 Å². The predicted molar refractivity (Wildman–Crippen MR) is 270 cm³/mol. The maximum Gasteiger partial charge on any atom is 0.336 e. The van der Waals surface area contributed by atoms with Gasteiger partial charge in [0, 0.05) is 50.1 Å². The lowest BCUT2D eigenvalue weighted by Crippen LogP contribution is -2.61. The van der Waals surface area contributed by atoms with Crippen LogP contribution in [0.5, 0.6) is 0 Å². The molecule has 9 aromatic rings. The van der Waals surface area contributed by atoms with Gasteiger partial charge < -0.3 is 14.1 Å². The van der Waals surface area contributed by atoms with Crippen molar-refractivity contribution in [2.45, 2.75) is 73.1 Å². The third-order valence-corrected chi connectivity index (χ3v) is 13.6. The van der Waals surface area contributed by atoms with Gasteiger partial charge in [-0.05, 0) is 142 Å². The van der Waals surface area contributed by atoms with Crippen molar-refractivity contribution in [3.8, 4) is 33.4 Å². The monoisotopic (exact) mass is 816 g/mol. The number of nitrogens with zero attached hydrogens (tertiary/aromatic N) is 2. The summed E-state index contributed by atoms with van der Waals surface area (Å²) in [5.74, 6) is 0. The summed E-state index contributed by atoms with van der Waals surface area (Å²) in [6, 6.07) is 59.2. The van der Waals surface area contributed by atoms with Gasteiger partial charge in [0.15, 0.2) is 0 Å². The minimum absolute atomic E-state index is 0.0207. The van der Waals surface area contributed by atoms with E-state index in [9.17, 15) is 0 Å². The van der Waals surface area contributed by atoms with Gasteiger partial charge in [0.1, 0.15) is 11.2 Å². The van der Waals surface area contributed by atoms with Crippen LogP contribution in [0.3, 0.4) is 0 Å². The molecule has 2 aliphatic rings. The van der Waals surface area contributed by atoms with Crippen LogP contribution in [-0.4, -0.2) is 6.85 Å². The first-order chi connectivity index (χ1) is 30.3. The Kier molecular flexibility index (Phi) is 8.77. The van der Waals surface area contributed by atoms with Crippen LogP contribution in [0.25, 0.3) is 55.3 Å². The molecule has 0 bridgehead atoms. The van der Waals surface area contributed by atoms with Crippen LogP contribution in [0.2, 0.25) is 0 Å². The van der Waals surface area contributed by atoms with Crippen LogP contribution in [0.4, 0.5) is 28.4 Å². The maximum atomic E-state index is 7.14. The molecular formula is C59H53BN2O. The minimum Gasteiger partial charge on any atom is -0.456 e. The molecule has 0 unspecified atom stereocenters. The van der Waals surface area contributed by atoms with Gasteiger partial charge in [-0.2, -0.15) is 0 Å². The molecule has 0 fully saturated rings. The van der Waals surface area contributed by atoms with Gasteiger partial charge in [0.25, 0.3) is 0 Å². The lowest BCUT2D eigenvalue weighted by molar-refractivity contribution is 0.590. The largest absolute Gasteiger partial charge is 0.456 e. The normalized spacial score (nSPS) is 13.4. The van der Waals surface area contributed by atoms with Crippen molar-refractivity contribution in [1.29, 1.82) is 0 Å². The topological polar surface area (TPSA) is 19.6 Å². The Morgan fingerprint density at radius 1 is 0.460 bits per heavy atom. The third-order valence-electron chi connectivity index (χ3n) is 13.6. The Morgan fingerprint density at radius 3 is 1.84 bits per heavy atom. The summed E-state index contributed by atoms with van der Waals surface area (Å²) in [5.41, 5.74) is 23.9. The summed E-state index contributed by atoms with van der Waals surface area (Å²) < 4.78 is 7.14. The van der Waals surface area contributed by atoms with Gasteiger partial charge in [0.05, 0.1) is 5.69 Å². The molecule has 0 aliphatic carbocycles. The van der Waals surface area contributed by atoms with Crippen LogP contribution < -0.4 is 20.6 Å². The second-order valence-electron chi connectivity index (χ2n) is 20.0. The van der Waals surface area contributed by atoms with Crippen molar-refractivity contribution in [2.75, 3.05) is 9.71 Å². The predicted octanol–water partition coefficient (Wildman–Crippen LogP) is 15.1. The summed E-state index contributed by atoms with van der Waals surface area (Å²) in [5, 5.41) is 2.26. The van der Waals surface area contributed by atoms with Gasteiger partial charge in [-0.25, -0.2) is 0 Å². The molecule has 0 atom stereocenters. The molecule has 1 aromatic heterocycles. The average Bonchev–Trinajstić information content (AvgIpc) is 3.65. The van der Waals surface area contributed by atoms with Gasteiger partial charge in [-0.1, -0.05) is 144 Å². The highest BCUT2D eigenvalue weighted by Crippen LogP contribution is 2.51. The maximum absolute atomic E-state index is 7.14. The highest BCUT2D eigenvalue weighted by molar-refractivity contribution is 6.95. The lowest BCUT2D eigenvalue weighted by Gasteiger charge is -2.46. The second kappa shape index (κ2) is 14.1. The van der Waals surface area contributed by atoms with E-state index in [1.54, 1.807) is 0 Å². The van der Waals surface area contributed by atoms with E-state index in [0.29, 0.717) is 0 Å². The lowest BCUT2D eigenvalue weighted by atomic mass is 9.43. The number of anilines is 5. The van der Waals surface area contributed by atoms with Gasteiger partial charge in [0.2, 0.25) is 0 Å². The highest BCUT2D eigenvalue weighted by Gasteiger charge is 2.47. The minimum atomic E-state index is -0.211. The first-order valence-corrected chi connectivity index (χ1v) is 22.5. The molecule has 0 amide bonds. The molecule has 308 valence electrons. The van der Waals surface area contributed by atoms with Crippen molar-refractivity contribution >= 4 is 68.1 Å². The fourth-order valence-corrected chi connectivity index (χ4v) is 10.7. The number of aryl methyl sites for hydroxylation is 3. The van der Waals surface area contributed by atoms with Crippen molar-refractivity contribution in [3.63, 3.8) is 0 Å². The summed E-state index contributed by atoms with van der Waals surface area (Å²) in [7, 11) is 0. The van der Waals surface area contributed by atoms with Crippen molar-refractivity contribution in [2.24, 2.45) is 0 Å². The van der Waals surface area contributed by atoms with E-state index in [1.165, 1.54) is 83.5 Å². The fraction of sp³-hybridized carbons (Fsp3) is 0.186. The SMILES string of the molecule is Cc1cc(C)c(-c2cc3c4c(c2)N(c2ccccc2-c2ccccc2)c2ccc5c(oc6ccccc65)c2B4N(c2ccc(C(C)(C)C)cc2)c2ccc(C(C)(C)C)cc2-3)c(C)c1. The third kappa shape index (κ3) is 6.17. The molecule has 0 N–H and O–H groups in total. The van der Waals surface area contributed by atoms with E-state index >= 15 is 0 Å². The van der Waals surface area contributed by atoms with E-state index in [-0.39, 0.29) is 17.7 Å². The van der Waals surface area contributed by atoms with E-state index in [4.69, 9.17) is 4.42 Å². The van der Waals surface area contributed by atoms with Gasteiger partial charge in [-0.3, -0.25) is 0 Å². The number of hydrogen-bond donors (Lipinski definition) is 0. The highest BCUT2D eigenvalue weighted by atomic mass is 16.3. The Labute approximate surface area is 372 Å². The fourth-order valence-electron chi connectivity index (χ4n) is 10.7. The molecule has 0 radical (unpaired) electrons. The van der Waals surface area contributed by atoms with E-state index in [0.717, 1.165) is 39.0 Å². The number of benzene rings is 8. The number of rotatable bonds is 4. The Balaban J connectivity index is 1.33. The summed E-state index contributed by atoms with van der Waals surface area (Å²) >= 11 is 0. The second-order valence-corrected chi connectivity index (χ2v) is 20.0.